The van der Waals surface area contributed by atoms with Crippen LogP contribution in [0.25, 0.3) is 0 Å². The van der Waals surface area contributed by atoms with E-state index >= 15 is 0 Å². The van der Waals surface area contributed by atoms with E-state index in [9.17, 15) is 13.2 Å². The topological polar surface area (TPSA) is 116 Å². The van der Waals surface area contributed by atoms with E-state index in [4.69, 9.17) is 0 Å². The highest BCUT2D eigenvalue weighted by Crippen LogP contribution is 2.23. The van der Waals surface area contributed by atoms with E-state index in [0.717, 1.165) is 30.5 Å². The van der Waals surface area contributed by atoms with Crippen LogP contribution in [0.2, 0.25) is 0 Å². The summed E-state index contributed by atoms with van der Waals surface area (Å²) in [6.45, 7) is 1.43. The molecule has 3 rings (SSSR count). The smallest absolute Gasteiger partial charge is 0.276 e. The van der Waals surface area contributed by atoms with Crippen molar-refractivity contribution < 1.29 is 13.2 Å². The molecule has 122 valence electrons. The first-order chi connectivity index (χ1) is 10.9. The highest BCUT2D eigenvalue weighted by molar-refractivity contribution is 7.92. The third kappa shape index (κ3) is 3.51. The summed E-state index contributed by atoms with van der Waals surface area (Å²) in [4.78, 5) is 12.5. The quantitative estimate of drug-likeness (QED) is 0.656. The van der Waals surface area contributed by atoms with Crippen molar-refractivity contribution in [3.05, 3.63) is 41.2 Å². The number of hydrogen-bond acceptors (Lipinski definition) is 5. The van der Waals surface area contributed by atoms with E-state index < -0.39 is 10.0 Å². The van der Waals surface area contributed by atoms with Crippen molar-refractivity contribution in [1.82, 2.24) is 15.5 Å². The fourth-order valence-electron chi connectivity index (χ4n) is 2.48. The first-order valence-corrected chi connectivity index (χ1v) is 8.98. The van der Waals surface area contributed by atoms with Gasteiger partial charge in [0.1, 0.15) is 0 Å². The molecule has 8 nitrogen and oxygen atoms in total. The van der Waals surface area contributed by atoms with Gasteiger partial charge in [-0.3, -0.25) is 14.6 Å². The number of fused-ring (bicyclic) bond motifs is 1. The Hall–Kier alpha value is -2.39. The Balaban J connectivity index is 1.85. The number of carbonyl (C=O) groups is 1. The molecule has 1 aromatic heterocycles. The number of H-pyrrole nitrogens is 1. The molecule has 0 fully saturated rings. The molecule has 1 aromatic carbocycles. The molecular weight excluding hydrogens is 318 g/mol. The molecule has 0 atom stereocenters. The monoisotopic (exact) mass is 335 g/mol. The summed E-state index contributed by atoms with van der Waals surface area (Å²) < 4.78 is 25.2. The maximum Gasteiger partial charge on any atom is 0.276 e. The van der Waals surface area contributed by atoms with Crippen LogP contribution in [-0.4, -0.2) is 37.3 Å². The number of hydrogen-bond donors (Lipinski definition) is 4. The molecule has 0 saturated heterocycles. The summed E-state index contributed by atoms with van der Waals surface area (Å²) in [7, 11) is -3.44. The molecule has 0 unspecified atom stereocenters. The first kappa shape index (κ1) is 15.5. The lowest BCUT2D eigenvalue weighted by Crippen LogP contribution is -2.25. The number of para-hydroxylation sites is 2. The van der Waals surface area contributed by atoms with Crippen molar-refractivity contribution >= 4 is 27.3 Å². The van der Waals surface area contributed by atoms with Crippen molar-refractivity contribution in [3.63, 3.8) is 0 Å². The maximum absolute atomic E-state index is 12.5. The fraction of sp³-hybridized carbons (Fsp3) is 0.286. The predicted octanol–water partition coefficient (Wildman–Crippen LogP) is 0.679. The molecule has 0 bridgehead atoms. The van der Waals surface area contributed by atoms with Gasteiger partial charge in [0, 0.05) is 30.8 Å². The number of sulfonamides is 1. The predicted molar refractivity (Wildman–Crippen MR) is 86.9 cm³/mol. The van der Waals surface area contributed by atoms with E-state index in [0.29, 0.717) is 23.6 Å². The molecule has 0 saturated carbocycles. The Morgan fingerprint density at radius 2 is 2.00 bits per heavy atom. The zero-order chi connectivity index (χ0) is 16.4. The van der Waals surface area contributed by atoms with Gasteiger partial charge >= 0.3 is 0 Å². The molecule has 0 radical (unpaired) electrons. The van der Waals surface area contributed by atoms with Crippen LogP contribution in [0.3, 0.4) is 0 Å². The summed E-state index contributed by atoms with van der Waals surface area (Å²) in [5.74, 6) is -0.381. The van der Waals surface area contributed by atoms with Crippen molar-refractivity contribution in [2.45, 2.75) is 13.0 Å². The largest absolute Gasteiger partial charge is 0.319 e. The van der Waals surface area contributed by atoms with Crippen LogP contribution >= 0.6 is 0 Å². The Morgan fingerprint density at radius 1 is 1.26 bits per heavy atom. The van der Waals surface area contributed by atoms with Gasteiger partial charge in [-0.2, -0.15) is 5.10 Å². The average molecular weight is 335 g/mol. The summed E-state index contributed by atoms with van der Waals surface area (Å²) in [5, 5.41) is 12.9. The fourth-order valence-corrected chi connectivity index (χ4v) is 3.05. The van der Waals surface area contributed by atoms with E-state index in [-0.39, 0.29) is 5.91 Å². The van der Waals surface area contributed by atoms with Crippen LogP contribution in [0.4, 0.5) is 11.4 Å². The van der Waals surface area contributed by atoms with Crippen LogP contribution < -0.4 is 15.4 Å². The third-order valence-electron chi connectivity index (χ3n) is 3.49. The number of nitrogens with one attached hydrogen (secondary N) is 4. The normalized spacial score (nSPS) is 14.1. The van der Waals surface area contributed by atoms with Gasteiger partial charge in [-0.15, -0.1) is 0 Å². The van der Waals surface area contributed by atoms with Crippen LogP contribution in [-0.2, 0) is 23.0 Å². The highest BCUT2D eigenvalue weighted by atomic mass is 32.2. The standard InChI is InChI=1S/C14H17N5O3S/c1-23(21,22)19-12-5-3-2-4-11(12)16-14(20)13-9-8-15-7-6-10(9)17-18-13/h2-5,15,19H,6-8H2,1H3,(H,16,20)(H,17,18). The molecule has 0 aliphatic carbocycles. The van der Waals surface area contributed by atoms with Gasteiger partial charge in [-0.05, 0) is 12.1 Å². The van der Waals surface area contributed by atoms with Gasteiger partial charge in [0.05, 0.1) is 17.6 Å². The summed E-state index contributed by atoms with van der Waals surface area (Å²) in [6, 6.07) is 6.61. The molecule has 1 aliphatic rings. The van der Waals surface area contributed by atoms with Crippen molar-refractivity contribution in [3.8, 4) is 0 Å². The second-order valence-electron chi connectivity index (χ2n) is 5.33. The van der Waals surface area contributed by atoms with Gasteiger partial charge in [0.15, 0.2) is 5.69 Å². The van der Waals surface area contributed by atoms with Crippen molar-refractivity contribution in [2.24, 2.45) is 0 Å². The minimum absolute atomic E-state index is 0.311. The maximum atomic E-state index is 12.5. The van der Waals surface area contributed by atoms with Crippen LogP contribution in [0.1, 0.15) is 21.7 Å². The average Bonchev–Trinajstić information content (AvgIpc) is 2.92. The van der Waals surface area contributed by atoms with Gasteiger partial charge in [0.2, 0.25) is 10.0 Å². The number of benzene rings is 1. The van der Waals surface area contributed by atoms with E-state index in [1.165, 1.54) is 0 Å². The number of anilines is 2. The molecule has 1 amide bonds. The van der Waals surface area contributed by atoms with Gasteiger partial charge in [0.25, 0.3) is 5.91 Å². The van der Waals surface area contributed by atoms with Crippen molar-refractivity contribution in [2.75, 3.05) is 22.8 Å². The molecule has 0 spiro atoms. The molecular formula is C14H17N5O3S. The second kappa shape index (κ2) is 6.01. The summed E-state index contributed by atoms with van der Waals surface area (Å²) in [6.07, 6.45) is 1.85. The van der Waals surface area contributed by atoms with E-state index in [1.807, 2.05) is 0 Å². The minimum atomic E-state index is -3.44. The number of amides is 1. The molecule has 2 aromatic rings. The second-order valence-corrected chi connectivity index (χ2v) is 7.08. The molecule has 9 heteroatoms. The Bertz CT molecular complexity index is 844. The van der Waals surface area contributed by atoms with E-state index in [1.54, 1.807) is 24.3 Å². The minimum Gasteiger partial charge on any atom is -0.319 e. The van der Waals surface area contributed by atoms with Crippen LogP contribution in [0.5, 0.6) is 0 Å². The Kier molecular flexibility index (Phi) is 4.05. The lowest BCUT2D eigenvalue weighted by molar-refractivity contribution is 0.102. The lowest BCUT2D eigenvalue weighted by atomic mass is 10.1. The molecule has 1 aliphatic heterocycles. The van der Waals surface area contributed by atoms with Crippen LogP contribution in [0.15, 0.2) is 24.3 Å². The number of aromatic amines is 1. The SMILES string of the molecule is CS(=O)(=O)Nc1ccccc1NC(=O)c1n[nH]c2c1CNCC2. The molecule has 4 N–H and O–H groups in total. The summed E-state index contributed by atoms with van der Waals surface area (Å²) in [5.41, 5.74) is 2.81. The zero-order valence-electron chi connectivity index (χ0n) is 12.5. The lowest BCUT2D eigenvalue weighted by Gasteiger charge is -2.14. The molecule has 2 heterocycles. The number of nitrogens with zero attached hydrogens (tertiary/aromatic N) is 1. The van der Waals surface area contributed by atoms with Crippen LogP contribution in [0, 0.1) is 0 Å². The number of carbonyl (C=O) groups excluding carboxylic acids is 1. The number of rotatable bonds is 4. The van der Waals surface area contributed by atoms with Gasteiger partial charge in [-0.25, -0.2) is 8.42 Å². The van der Waals surface area contributed by atoms with Gasteiger partial charge in [-0.1, -0.05) is 12.1 Å². The number of aromatic nitrogens is 2. The first-order valence-electron chi connectivity index (χ1n) is 7.09. The zero-order valence-corrected chi connectivity index (χ0v) is 13.3. The molecule has 23 heavy (non-hydrogen) atoms. The van der Waals surface area contributed by atoms with Gasteiger partial charge < -0.3 is 10.6 Å². The van der Waals surface area contributed by atoms with Crippen molar-refractivity contribution in [1.29, 1.82) is 0 Å². The Labute approximate surface area is 133 Å². The Morgan fingerprint density at radius 3 is 2.74 bits per heavy atom. The third-order valence-corrected chi connectivity index (χ3v) is 4.08. The van der Waals surface area contributed by atoms with E-state index in [2.05, 4.69) is 25.6 Å². The highest BCUT2D eigenvalue weighted by Gasteiger charge is 2.22. The summed E-state index contributed by atoms with van der Waals surface area (Å²) >= 11 is 0.